The highest BCUT2D eigenvalue weighted by Crippen LogP contribution is 2.66. The highest BCUT2D eigenvalue weighted by atomic mass is 80.0. The Hall–Kier alpha value is 0.610. The van der Waals surface area contributed by atoms with E-state index in [1.165, 1.54) is 0 Å². The number of rotatable bonds is 4. The first-order valence-corrected chi connectivity index (χ1v) is 9.86. The maximum absolute atomic E-state index is 12.3. The van der Waals surface area contributed by atoms with Crippen LogP contribution in [0.25, 0.3) is 0 Å². The Morgan fingerprint density at radius 3 is 2.38 bits per heavy atom. The Labute approximate surface area is 158 Å². The molecule has 0 aromatic heterocycles. The first-order chi connectivity index (χ1) is 9.65. The normalized spacial score (nSPS) is 25.2. The lowest BCUT2D eigenvalue weighted by atomic mass is 10.1. The zero-order valence-corrected chi connectivity index (χ0v) is 18.0. The Morgan fingerprint density at radius 2 is 1.86 bits per heavy atom. The fraction of sp³-hybridized carbons (Fsp3) is 0.533. The molecule has 1 aromatic rings. The molecule has 1 aliphatic carbocycles. The van der Waals surface area contributed by atoms with Crippen molar-refractivity contribution in [1.82, 2.24) is 0 Å². The van der Waals surface area contributed by atoms with E-state index in [1.807, 2.05) is 30.3 Å². The van der Waals surface area contributed by atoms with Crippen LogP contribution < -0.4 is 0 Å². The SMILES string of the molecule is CC1(C)[C@H](C(=O)OCc2ccccc2)[C@@H]1C(Br)C(Br)(Br)Br. The maximum atomic E-state index is 12.3. The molecular weight excluding hydrogens is 532 g/mol. The summed E-state index contributed by atoms with van der Waals surface area (Å²) >= 11 is 14.2. The quantitative estimate of drug-likeness (QED) is 0.362. The summed E-state index contributed by atoms with van der Waals surface area (Å²) in [7, 11) is 0. The summed E-state index contributed by atoms with van der Waals surface area (Å²) in [5, 5.41) is 0. The van der Waals surface area contributed by atoms with E-state index in [0.29, 0.717) is 6.61 Å². The number of carbonyl (C=O) groups is 1. The monoisotopic (exact) mass is 544 g/mol. The molecule has 2 nitrogen and oxygen atoms in total. The van der Waals surface area contributed by atoms with Crippen LogP contribution in [0.4, 0.5) is 0 Å². The number of hydrogen-bond donors (Lipinski definition) is 0. The van der Waals surface area contributed by atoms with Gasteiger partial charge in [-0.05, 0) is 16.9 Å². The van der Waals surface area contributed by atoms with E-state index in [1.54, 1.807) is 0 Å². The second kappa shape index (κ2) is 6.62. The van der Waals surface area contributed by atoms with E-state index in [4.69, 9.17) is 4.74 Å². The van der Waals surface area contributed by atoms with Crippen LogP contribution >= 0.6 is 63.7 Å². The van der Waals surface area contributed by atoms with Crippen LogP contribution in [-0.2, 0) is 16.1 Å². The van der Waals surface area contributed by atoms with Gasteiger partial charge in [-0.2, -0.15) is 0 Å². The number of alkyl halides is 4. The molecule has 1 aliphatic rings. The van der Waals surface area contributed by atoms with Crippen LogP contribution in [0.2, 0.25) is 0 Å². The Bertz CT molecular complexity index is 510. The summed E-state index contributed by atoms with van der Waals surface area (Å²) < 4.78 is 5.05. The smallest absolute Gasteiger partial charge is 0.310 e. The van der Waals surface area contributed by atoms with Crippen molar-refractivity contribution in [3.63, 3.8) is 0 Å². The van der Waals surface area contributed by atoms with Crippen LogP contribution in [0.3, 0.4) is 0 Å². The summed E-state index contributed by atoms with van der Waals surface area (Å²) in [5.74, 6) is -0.0356. The van der Waals surface area contributed by atoms with E-state index in [2.05, 4.69) is 77.6 Å². The molecule has 1 saturated carbocycles. The molecule has 2 rings (SSSR count). The predicted octanol–water partition coefficient (Wildman–Crippen LogP) is 5.60. The van der Waals surface area contributed by atoms with Crippen molar-refractivity contribution in [3.8, 4) is 0 Å². The van der Waals surface area contributed by atoms with Gasteiger partial charge in [0, 0.05) is 0 Å². The molecule has 1 unspecified atom stereocenters. The molecule has 21 heavy (non-hydrogen) atoms. The molecule has 0 amide bonds. The van der Waals surface area contributed by atoms with E-state index >= 15 is 0 Å². The van der Waals surface area contributed by atoms with Crippen molar-refractivity contribution in [2.24, 2.45) is 17.3 Å². The molecule has 0 saturated heterocycles. The minimum Gasteiger partial charge on any atom is -0.461 e. The molecule has 1 fully saturated rings. The first kappa shape index (κ1) is 18.0. The summed E-state index contributed by atoms with van der Waals surface area (Å²) in [6, 6.07) is 9.74. The molecule has 0 radical (unpaired) electrons. The first-order valence-electron chi connectivity index (χ1n) is 6.57. The number of esters is 1. The highest BCUT2D eigenvalue weighted by Gasteiger charge is 2.67. The van der Waals surface area contributed by atoms with Gasteiger partial charge in [-0.15, -0.1) is 0 Å². The van der Waals surface area contributed by atoms with Crippen molar-refractivity contribution < 1.29 is 9.53 Å². The lowest BCUT2D eigenvalue weighted by Crippen LogP contribution is -2.22. The third-order valence-electron chi connectivity index (χ3n) is 4.02. The summed E-state index contributed by atoms with van der Waals surface area (Å²) in [4.78, 5) is 12.4. The van der Waals surface area contributed by atoms with Crippen molar-refractivity contribution in [3.05, 3.63) is 35.9 Å². The van der Waals surface area contributed by atoms with Crippen LogP contribution in [0.1, 0.15) is 19.4 Å². The summed E-state index contributed by atoms with van der Waals surface area (Å²) in [5.41, 5.74) is 0.926. The third kappa shape index (κ3) is 4.12. The summed E-state index contributed by atoms with van der Waals surface area (Å²) in [6.07, 6.45) is 0. The van der Waals surface area contributed by atoms with Gasteiger partial charge in [0.25, 0.3) is 0 Å². The van der Waals surface area contributed by atoms with Gasteiger partial charge in [0.1, 0.15) is 8.75 Å². The fourth-order valence-electron chi connectivity index (χ4n) is 2.70. The number of hydrogen-bond acceptors (Lipinski definition) is 2. The third-order valence-corrected chi connectivity index (χ3v) is 8.60. The molecule has 0 spiro atoms. The van der Waals surface area contributed by atoms with Gasteiger partial charge >= 0.3 is 5.97 Å². The van der Waals surface area contributed by atoms with Gasteiger partial charge < -0.3 is 4.74 Å². The van der Waals surface area contributed by atoms with E-state index in [9.17, 15) is 4.79 Å². The van der Waals surface area contributed by atoms with Crippen LogP contribution in [-0.4, -0.2) is 12.9 Å². The Balaban J connectivity index is 1.97. The standard InChI is InChI=1S/C15H16Br4O2/c1-14(2)10(12(16)15(17,18)19)11(14)13(20)21-8-9-6-4-3-5-7-9/h3-7,10-12H,8H2,1-2H3/t10-,11+,12?/m1/s1. The van der Waals surface area contributed by atoms with Crippen molar-refractivity contribution in [2.45, 2.75) is 27.4 Å². The van der Waals surface area contributed by atoms with Crippen LogP contribution in [0.15, 0.2) is 30.3 Å². The number of benzene rings is 1. The molecule has 3 atom stereocenters. The average molecular weight is 548 g/mol. The lowest BCUT2D eigenvalue weighted by Gasteiger charge is -2.20. The van der Waals surface area contributed by atoms with Crippen LogP contribution in [0, 0.1) is 17.3 Å². The molecule has 6 heteroatoms. The van der Waals surface area contributed by atoms with Crippen LogP contribution in [0.5, 0.6) is 0 Å². The molecule has 0 aliphatic heterocycles. The number of ether oxygens (including phenoxy) is 1. The minimum atomic E-state index is -0.427. The van der Waals surface area contributed by atoms with Crippen molar-refractivity contribution >= 4 is 69.7 Å². The number of halogens is 4. The zero-order valence-electron chi connectivity index (χ0n) is 11.7. The fourth-order valence-corrected chi connectivity index (χ4v) is 4.54. The van der Waals surface area contributed by atoms with Gasteiger partial charge in [0.05, 0.1) is 10.7 Å². The maximum Gasteiger partial charge on any atom is 0.310 e. The van der Waals surface area contributed by atoms with Gasteiger partial charge in [-0.25, -0.2) is 0 Å². The second-order valence-corrected chi connectivity index (χ2v) is 13.8. The highest BCUT2D eigenvalue weighted by molar-refractivity contribution is 9.40. The van der Waals surface area contributed by atoms with Gasteiger partial charge in [-0.3, -0.25) is 4.79 Å². The zero-order chi connectivity index (χ0) is 15.8. The number of carbonyl (C=O) groups excluding carboxylic acids is 1. The molecule has 116 valence electrons. The van der Waals surface area contributed by atoms with E-state index in [-0.39, 0.29) is 28.0 Å². The van der Waals surface area contributed by atoms with Crippen molar-refractivity contribution in [1.29, 1.82) is 0 Å². The largest absolute Gasteiger partial charge is 0.461 e. The van der Waals surface area contributed by atoms with Gasteiger partial charge in [-0.1, -0.05) is 108 Å². The van der Waals surface area contributed by atoms with Gasteiger partial charge in [0.15, 0.2) is 0 Å². The molecule has 0 bridgehead atoms. The van der Waals surface area contributed by atoms with E-state index < -0.39 is 2.14 Å². The lowest BCUT2D eigenvalue weighted by molar-refractivity contribution is -0.147. The second-order valence-electron chi connectivity index (χ2n) is 5.86. The molecule has 0 N–H and O–H groups in total. The molecule has 0 heterocycles. The summed E-state index contributed by atoms with van der Waals surface area (Å²) in [6.45, 7) is 4.52. The van der Waals surface area contributed by atoms with Crippen molar-refractivity contribution in [2.75, 3.05) is 0 Å². The van der Waals surface area contributed by atoms with E-state index in [0.717, 1.165) is 5.56 Å². The average Bonchev–Trinajstić information content (AvgIpc) is 2.98. The predicted molar refractivity (Wildman–Crippen MR) is 99.2 cm³/mol. The minimum absolute atomic E-state index is 0.0641. The Morgan fingerprint density at radius 1 is 1.29 bits per heavy atom. The Kier molecular flexibility index (Phi) is 5.66. The molecule has 1 aromatic carbocycles. The topological polar surface area (TPSA) is 26.3 Å². The van der Waals surface area contributed by atoms with Gasteiger partial charge in [0.2, 0.25) is 0 Å². The molecular formula is C15H16Br4O2.